The van der Waals surface area contributed by atoms with Gasteiger partial charge in [0.05, 0.1) is 31.7 Å². The molecule has 1 aliphatic heterocycles. The highest BCUT2D eigenvalue weighted by Crippen LogP contribution is 2.32. The first kappa shape index (κ1) is 22.3. The van der Waals surface area contributed by atoms with Gasteiger partial charge < -0.3 is 5.32 Å². The van der Waals surface area contributed by atoms with Crippen LogP contribution in [0.4, 0.5) is 5.69 Å². The summed E-state index contributed by atoms with van der Waals surface area (Å²) in [7, 11) is -3.53. The van der Waals surface area contributed by atoms with Crippen LogP contribution in [0.3, 0.4) is 0 Å². The molecular formula is C19H20Cl3N3O3S. The minimum Gasteiger partial charge on any atom is -0.323 e. The Balaban J connectivity index is 1.62. The van der Waals surface area contributed by atoms with Crippen molar-refractivity contribution in [2.45, 2.75) is 17.9 Å². The number of carbonyl (C=O) groups excluding carboxylic acids is 1. The maximum absolute atomic E-state index is 12.7. The second-order valence-electron chi connectivity index (χ2n) is 6.66. The molecule has 0 radical (unpaired) electrons. The second kappa shape index (κ2) is 9.20. The monoisotopic (exact) mass is 475 g/mol. The molecule has 1 aliphatic rings. The van der Waals surface area contributed by atoms with Gasteiger partial charge in [-0.2, -0.15) is 4.31 Å². The van der Waals surface area contributed by atoms with Crippen molar-refractivity contribution in [2.75, 3.05) is 31.5 Å². The van der Waals surface area contributed by atoms with Crippen LogP contribution in [0.2, 0.25) is 15.1 Å². The Morgan fingerprint density at radius 2 is 1.55 bits per heavy atom. The van der Waals surface area contributed by atoms with Crippen molar-refractivity contribution in [3.8, 4) is 0 Å². The lowest BCUT2D eigenvalue weighted by Gasteiger charge is -2.36. The third-order valence-electron chi connectivity index (χ3n) is 4.85. The molecule has 29 heavy (non-hydrogen) atoms. The number of nitrogens with zero attached hydrogens (tertiary/aromatic N) is 2. The van der Waals surface area contributed by atoms with Gasteiger partial charge in [-0.1, -0.05) is 53.0 Å². The van der Waals surface area contributed by atoms with E-state index < -0.39 is 16.1 Å². The SMILES string of the molecule is CC(C(=O)Nc1cc(Cl)c(Cl)cc1Cl)N1CCN(S(=O)(=O)c2ccccc2)CC1. The van der Waals surface area contributed by atoms with Gasteiger partial charge in [-0.25, -0.2) is 8.42 Å². The van der Waals surface area contributed by atoms with Gasteiger partial charge in [0.25, 0.3) is 0 Å². The summed E-state index contributed by atoms with van der Waals surface area (Å²) in [5.41, 5.74) is 0.378. The fraction of sp³-hybridized carbons (Fsp3) is 0.316. The van der Waals surface area contributed by atoms with Gasteiger partial charge in [0.2, 0.25) is 15.9 Å². The lowest BCUT2D eigenvalue weighted by atomic mass is 10.2. The summed E-state index contributed by atoms with van der Waals surface area (Å²) in [5.74, 6) is -0.260. The van der Waals surface area contributed by atoms with Crippen molar-refractivity contribution in [2.24, 2.45) is 0 Å². The predicted molar refractivity (Wildman–Crippen MR) is 116 cm³/mol. The molecule has 1 unspecified atom stereocenters. The molecule has 1 saturated heterocycles. The van der Waals surface area contributed by atoms with Crippen LogP contribution in [-0.4, -0.2) is 55.8 Å². The molecule has 156 valence electrons. The summed E-state index contributed by atoms with van der Waals surface area (Å²) in [6.45, 7) is 3.26. The highest BCUT2D eigenvalue weighted by molar-refractivity contribution is 7.89. The molecule has 0 aliphatic carbocycles. The minimum absolute atomic E-state index is 0.260. The van der Waals surface area contributed by atoms with Crippen LogP contribution in [-0.2, 0) is 14.8 Å². The van der Waals surface area contributed by atoms with E-state index >= 15 is 0 Å². The van der Waals surface area contributed by atoms with Crippen molar-refractivity contribution in [1.82, 2.24) is 9.21 Å². The Morgan fingerprint density at radius 1 is 0.966 bits per heavy atom. The Bertz CT molecular complexity index is 995. The van der Waals surface area contributed by atoms with Gasteiger partial charge in [-0.15, -0.1) is 0 Å². The van der Waals surface area contributed by atoms with Crippen LogP contribution in [0.15, 0.2) is 47.4 Å². The first-order valence-electron chi connectivity index (χ1n) is 8.95. The Labute approximate surface area is 185 Å². The smallest absolute Gasteiger partial charge is 0.243 e. The molecule has 1 heterocycles. The Kier molecular flexibility index (Phi) is 7.09. The number of benzene rings is 2. The van der Waals surface area contributed by atoms with Gasteiger partial charge in [0, 0.05) is 26.2 Å². The molecule has 0 aromatic heterocycles. The molecule has 3 rings (SSSR count). The maximum Gasteiger partial charge on any atom is 0.243 e. The predicted octanol–water partition coefficient (Wildman–Crippen LogP) is 3.98. The molecule has 1 atom stereocenters. The quantitative estimate of drug-likeness (QED) is 0.663. The van der Waals surface area contributed by atoms with Gasteiger partial charge in [0.15, 0.2) is 0 Å². The molecule has 1 fully saturated rings. The molecule has 0 bridgehead atoms. The zero-order valence-corrected chi connectivity index (χ0v) is 18.7. The van der Waals surface area contributed by atoms with Gasteiger partial charge in [-0.05, 0) is 31.2 Å². The fourth-order valence-corrected chi connectivity index (χ4v) is 5.13. The van der Waals surface area contributed by atoms with Crippen LogP contribution < -0.4 is 5.32 Å². The van der Waals surface area contributed by atoms with E-state index in [0.29, 0.717) is 46.9 Å². The topological polar surface area (TPSA) is 69.7 Å². The van der Waals surface area contributed by atoms with Gasteiger partial charge in [-0.3, -0.25) is 9.69 Å². The molecule has 10 heteroatoms. The number of carbonyl (C=O) groups is 1. The lowest BCUT2D eigenvalue weighted by molar-refractivity contribution is -0.121. The van der Waals surface area contributed by atoms with Crippen molar-refractivity contribution in [1.29, 1.82) is 0 Å². The number of anilines is 1. The second-order valence-corrected chi connectivity index (χ2v) is 9.82. The number of rotatable bonds is 5. The van der Waals surface area contributed by atoms with Gasteiger partial charge in [0.1, 0.15) is 0 Å². The highest BCUT2D eigenvalue weighted by atomic mass is 35.5. The number of sulfonamides is 1. The average Bonchev–Trinajstić information content (AvgIpc) is 2.72. The molecule has 6 nitrogen and oxygen atoms in total. The van der Waals surface area contributed by atoms with E-state index in [4.69, 9.17) is 34.8 Å². The number of hydrogen-bond donors (Lipinski definition) is 1. The summed E-state index contributed by atoms with van der Waals surface area (Å²) in [6.07, 6.45) is 0. The Hall–Kier alpha value is -1.35. The molecule has 0 saturated carbocycles. The number of halogens is 3. The zero-order valence-electron chi connectivity index (χ0n) is 15.6. The summed E-state index contributed by atoms with van der Waals surface area (Å²) in [5, 5.41) is 3.64. The molecule has 0 spiro atoms. The number of piperazine rings is 1. The first-order chi connectivity index (χ1) is 13.7. The van der Waals surface area contributed by atoms with E-state index in [2.05, 4.69) is 5.32 Å². The van der Waals surface area contributed by atoms with Crippen molar-refractivity contribution >= 4 is 56.4 Å². The first-order valence-corrected chi connectivity index (χ1v) is 11.5. The third-order valence-corrected chi connectivity index (χ3v) is 7.80. The van der Waals surface area contributed by atoms with E-state index in [0.717, 1.165) is 0 Å². The minimum atomic E-state index is -3.53. The van der Waals surface area contributed by atoms with Crippen LogP contribution in [0, 0.1) is 0 Å². The standard InChI is InChI=1S/C19H20Cl3N3O3S/c1-13(19(26)23-18-12-16(21)15(20)11-17(18)22)24-7-9-25(10-8-24)29(27,28)14-5-3-2-4-6-14/h2-6,11-13H,7-10H2,1H3,(H,23,26). The lowest BCUT2D eigenvalue weighted by Crippen LogP contribution is -2.53. The van der Waals surface area contributed by atoms with Crippen molar-refractivity contribution in [3.05, 3.63) is 57.5 Å². The van der Waals surface area contributed by atoms with E-state index in [1.54, 1.807) is 37.3 Å². The van der Waals surface area contributed by atoms with Crippen LogP contribution in [0.25, 0.3) is 0 Å². The normalized spacial score (nSPS) is 17.1. The van der Waals surface area contributed by atoms with E-state index in [9.17, 15) is 13.2 Å². The largest absolute Gasteiger partial charge is 0.323 e. The van der Waals surface area contributed by atoms with E-state index in [-0.39, 0.29) is 10.8 Å². The maximum atomic E-state index is 12.7. The summed E-state index contributed by atoms with van der Waals surface area (Å²) in [6, 6.07) is 10.8. The van der Waals surface area contributed by atoms with E-state index in [1.807, 2.05) is 4.90 Å². The van der Waals surface area contributed by atoms with Crippen LogP contribution >= 0.6 is 34.8 Å². The Morgan fingerprint density at radius 3 is 2.17 bits per heavy atom. The van der Waals surface area contributed by atoms with Crippen molar-refractivity contribution in [3.63, 3.8) is 0 Å². The third kappa shape index (κ3) is 5.05. The zero-order chi connectivity index (χ0) is 21.2. The number of amides is 1. The summed E-state index contributed by atoms with van der Waals surface area (Å²) in [4.78, 5) is 14.8. The molecular weight excluding hydrogens is 457 g/mol. The summed E-state index contributed by atoms with van der Waals surface area (Å²) >= 11 is 18.0. The van der Waals surface area contributed by atoms with Crippen LogP contribution in [0.1, 0.15) is 6.92 Å². The van der Waals surface area contributed by atoms with Crippen LogP contribution in [0.5, 0.6) is 0 Å². The van der Waals surface area contributed by atoms with Gasteiger partial charge >= 0.3 is 0 Å². The van der Waals surface area contributed by atoms with E-state index in [1.165, 1.54) is 16.4 Å². The summed E-state index contributed by atoms with van der Waals surface area (Å²) < 4.78 is 26.9. The average molecular weight is 477 g/mol. The molecule has 1 amide bonds. The fourth-order valence-electron chi connectivity index (χ4n) is 3.09. The van der Waals surface area contributed by atoms with Crippen molar-refractivity contribution < 1.29 is 13.2 Å². The number of hydrogen-bond acceptors (Lipinski definition) is 4. The molecule has 2 aromatic rings. The number of nitrogens with one attached hydrogen (secondary N) is 1. The molecule has 1 N–H and O–H groups in total. The molecule has 2 aromatic carbocycles. The highest BCUT2D eigenvalue weighted by Gasteiger charge is 2.31.